The van der Waals surface area contributed by atoms with Gasteiger partial charge < -0.3 is 14.2 Å². The van der Waals surface area contributed by atoms with Gasteiger partial charge >= 0.3 is 0 Å². The van der Waals surface area contributed by atoms with E-state index in [1.807, 2.05) is 13.0 Å². The van der Waals surface area contributed by atoms with E-state index in [1.165, 1.54) is 6.08 Å². The number of hydrogen-bond acceptors (Lipinski definition) is 4. The van der Waals surface area contributed by atoms with Crippen molar-refractivity contribution in [3.05, 3.63) is 58.6 Å². The van der Waals surface area contributed by atoms with Gasteiger partial charge in [-0.3, -0.25) is 4.79 Å². The second kappa shape index (κ2) is 6.75. The predicted octanol–water partition coefficient (Wildman–Crippen LogP) is 4.36. The number of para-hydroxylation sites is 1. The minimum atomic E-state index is -0.136. The fourth-order valence-corrected chi connectivity index (χ4v) is 2.57. The highest BCUT2D eigenvalue weighted by Crippen LogP contribution is 2.40. The van der Waals surface area contributed by atoms with Crippen molar-refractivity contribution in [3.8, 4) is 17.2 Å². The van der Waals surface area contributed by atoms with Gasteiger partial charge in [0, 0.05) is 0 Å². The summed E-state index contributed by atoms with van der Waals surface area (Å²) in [5.74, 6) is 1.56. The van der Waals surface area contributed by atoms with Crippen LogP contribution in [-0.2, 0) is 0 Å². The number of benzene rings is 2. The van der Waals surface area contributed by atoms with E-state index in [-0.39, 0.29) is 12.6 Å². The first-order valence-electron chi connectivity index (χ1n) is 7.22. The number of ether oxygens (including phenoxy) is 3. The molecule has 0 saturated carbocycles. The van der Waals surface area contributed by atoms with Gasteiger partial charge in [0.05, 0.1) is 17.2 Å². The molecule has 2 aromatic rings. The Hall–Kier alpha value is -2.46. The highest BCUT2D eigenvalue weighted by molar-refractivity contribution is 6.32. The van der Waals surface area contributed by atoms with Crippen LogP contribution in [0, 0.1) is 0 Å². The molecule has 0 radical (unpaired) electrons. The maximum atomic E-state index is 12.4. The van der Waals surface area contributed by atoms with Crippen molar-refractivity contribution in [2.45, 2.75) is 6.92 Å². The van der Waals surface area contributed by atoms with Crippen molar-refractivity contribution >= 4 is 23.5 Å². The molecule has 1 aliphatic rings. The Bertz CT molecular complexity index is 768. The molecule has 118 valence electrons. The van der Waals surface area contributed by atoms with Crippen LogP contribution < -0.4 is 14.2 Å². The summed E-state index contributed by atoms with van der Waals surface area (Å²) < 4.78 is 16.1. The lowest BCUT2D eigenvalue weighted by Crippen LogP contribution is -2.01. The van der Waals surface area contributed by atoms with Crippen LogP contribution in [0.25, 0.3) is 6.08 Å². The normalized spacial score (nSPS) is 12.6. The Morgan fingerprint density at radius 2 is 2.13 bits per heavy atom. The lowest BCUT2D eigenvalue weighted by atomic mass is 10.1. The maximum Gasteiger partial charge on any atom is 0.231 e. The van der Waals surface area contributed by atoms with E-state index in [0.29, 0.717) is 34.4 Å². The quantitative estimate of drug-likeness (QED) is 0.603. The van der Waals surface area contributed by atoms with Crippen LogP contribution in [0.15, 0.2) is 42.5 Å². The van der Waals surface area contributed by atoms with E-state index in [2.05, 4.69) is 0 Å². The number of allylic oxidation sites excluding steroid dienone is 1. The van der Waals surface area contributed by atoms with Crippen LogP contribution in [0.5, 0.6) is 17.2 Å². The van der Waals surface area contributed by atoms with E-state index in [4.69, 9.17) is 25.8 Å². The third-order valence-electron chi connectivity index (χ3n) is 3.33. The van der Waals surface area contributed by atoms with Gasteiger partial charge in [0.1, 0.15) is 5.75 Å². The molecule has 4 nitrogen and oxygen atoms in total. The SMILES string of the molecule is CCOc1ccccc1C(=O)/C=C/c1cc(Cl)c2c(c1)OCO2. The molecular formula is C18H15ClO4. The molecule has 3 rings (SSSR count). The van der Waals surface area contributed by atoms with Gasteiger partial charge in [-0.05, 0) is 42.8 Å². The maximum absolute atomic E-state index is 12.4. The van der Waals surface area contributed by atoms with Crippen molar-refractivity contribution in [2.75, 3.05) is 13.4 Å². The van der Waals surface area contributed by atoms with Crippen LogP contribution in [0.4, 0.5) is 0 Å². The summed E-state index contributed by atoms with van der Waals surface area (Å²) in [5.41, 5.74) is 1.29. The number of hydrogen-bond donors (Lipinski definition) is 0. The molecule has 1 heterocycles. The second-order valence-corrected chi connectivity index (χ2v) is 5.27. The zero-order valence-corrected chi connectivity index (χ0v) is 13.3. The molecule has 23 heavy (non-hydrogen) atoms. The number of fused-ring (bicyclic) bond motifs is 1. The van der Waals surface area contributed by atoms with Crippen molar-refractivity contribution < 1.29 is 19.0 Å². The molecular weight excluding hydrogens is 316 g/mol. The molecule has 0 bridgehead atoms. The average molecular weight is 331 g/mol. The summed E-state index contributed by atoms with van der Waals surface area (Å²) >= 11 is 6.13. The van der Waals surface area contributed by atoms with Gasteiger partial charge in [0.15, 0.2) is 17.3 Å². The Labute approximate surface area is 139 Å². The second-order valence-electron chi connectivity index (χ2n) is 4.86. The van der Waals surface area contributed by atoms with Crippen LogP contribution >= 0.6 is 11.6 Å². The average Bonchev–Trinajstić information content (AvgIpc) is 3.02. The molecule has 0 aliphatic carbocycles. The standard InChI is InChI=1S/C18H15ClO4/c1-2-21-16-6-4-3-5-13(16)15(20)8-7-12-9-14(19)18-17(10-12)22-11-23-18/h3-10H,2,11H2,1H3/b8-7+. The number of carbonyl (C=O) groups is 1. The van der Waals surface area contributed by atoms with Crippen molar-refractivity contribution in [2.24, 2.45) is 0 Å². The first-order valence-corrected chi connectivity index (χ1v) is 7.60. The Morgan fingerprint density at radius 3 is 2.96 bits per heavy atom. The lowest BCUT2D eigenvalue weighted by Gasteiger charge is -2.07. The van der Waals surface area contributed by atoms with Gasteiger partial charge in [0.2, 0.25) is 6.79 Å². The van der Waals surface area contributed by atoms with E-state index >= 15 is 0 Å². The van der Waals surface area contributed by atoms with Crippen molar-refractivity contribution in [1.29, 1.82) is 0 Å². The Balaban J connectivity index is 1.83. The number of ketones is 1. The summed E-state index contributed by atoms with van der Waals surface area (Å²) in [4.78, 5) is 12.4. The van der Waals surface area contributed by atoms with Crippen LogP contribution in [0.3, 0.4) is 0 Å². The van der Waals surface area contributed by atoms with E-state index in [0.717, 1.165) is 5.56 Å². The predicted molar refractivity (Wildman–Crippen MR) is 88.6 cm³/mol. The minimum Gasteiger partial charge on any atom is -0.493 e. The van der Waals surface area contributed by atoms with Crippen LogP contribution in [0.2, 0.25) is 5.02 Å². The van der Waals surface area contributed by atoms with E-state index in [9.17, 15) is 4.79 Å². The minimum absolute atomic E-state index is 0.136. The topological polar surface area (TPSA) is 44.8 Å². The fraction of sp³-hybridized carbons (Fsp3) is 0.167. The molecule has 0 amide bonds. The molecule has 0 aromatic heterocycles. The van der Waals surface area contributed by atoms with Gasteiger partial charge in [-0.2, -0.15) is 0 Å². The molecule has 0 fully saturated rings. The van der Waals surface area contributed by atoms with Crippen LogP contribution in [0.1, 0.15) is 22.8 Å². The molecule has 5 heteroatoms. The highest BCUT2D eigenvalue weighted by atomic mass is 35.5. The lowest BCUT2D eigenvalue weighted by molar-refractivity contribution is 0.104. The van der Waals surface area contributed by atoms with Gasteiger partial charge in [-0.25, -0.2) is 0 Å². The fourth-order valence-electron chi connectivity index (χ4n) is 2.30. The molecule has 1 aliphatic heterocycles. The first kappa shape index (κ1) is 15.4. The summed E-state index contributed by atoms with van der Waals surface area (Å²) in [5, 5.41) is 0.460. The largest absolute Gasteiger partial charge is 0.493 e. The zero-order chi connectivity index (χ0) is 16.2. The summed E-state index contributed by atoms with van der Waals surface area (Å²) in [6, 6.07) is 10.7. The zero-order valence-electron chi connectivity index (χ0n) is 12.5. The third-order valence-corrected chi connectivity index (χ3v) is 3.61. The van der Waals surface area contributed by atoms with Crippen molar-refractivity contribution in [1.82, 2.24) is 0 Å². The molecule has 0 N–H and O–H groups in total. The molecule has 0 unspecified atom stereocenters. The summed E-state index contributed by atoms with van der Waals surface area (Å²) in [6.07, 6.45) is 3.19. The van der Waals surface area contributed by atoms with Gasteiger partial charge in [0.25, 0.3) is 0 Å². The van der Waals surface area contributed by atoms with E-state index < -0.39 is 0 Å². The Morgan fingerprint density at radius 1 is 1.30 bits per heavy atom. The Kier molecular flexibility index (Phi) is 4.53. The third kappa shape index (κ3) is 3.32. The first-order chi connectivity index (χ1) is 11.2. The number of halogens is 1. The molecule has 0 saturated heterocycles. The van der Waals surface area contributed by atoms with Crippen LogP contribution in [-0.4, -0.2) is 19.2 Å². The van der Waals surface area contributed by atoms with Gasteiger partial charge in [-0.1, -0.05) is 29.8 Å². The number of carbonyl (C=O) groups excluding carboxylic acids is 1. The highest BCUT2D eigenvalue weighted by Gasteiger charge is 2.17. The summed E-state index contributed by atoms with van der Waals surface area (Å²) in [7, 11) is 0. The monoisotopic (exact) mass is 330 g/mol. The van der Waals surface area contributed by atoms with Gasteiger partial charge in [-0.15, -0.1) is 0 Å². The molecule has 0 atom stereocenters. The molecule has 0 spiro atoms. The number of rotatable bonds is 5. The van der Waals surface area contributed by atoms with Crippen molar-refractivity contribution in [3.63, 3.8) is 0 Å². The molecule has 2 aromatic carbocycles. The summed E-state index contributed by atoms with van der Waals surface area (Å²) in [6.45, 7) is 2.54. The smallest absolute Gasteiger partial charge is 0.231 e. The van der Waals surface area contributed by atoms with E-state index in [1.54, 1.807) is 36.4 Å².